The molecule has 0 saturated heterocycles. The second kappa shape index (κ2) is 2.83. The van der Waals surface area contributed by atoms with Crippen molar-refractivity contribution in [2.75, 3.05) is 0 Å². The van der Waals surface area contributed by atoms with Crippen LogP contribution >= 0.6 is 0 Å². The molecule has 0 radical (unpaired) electrons. The summed E-state index contributed by atoms with van der Waals surface area (Å²) in [4.78, 5) is 3.74. The Morgan fingerprint density at radius 3 is 2.83 bits per heavy atom. The number of pyridine rings is 1. The number of halogens is 1. The van der Waals surface area contributed by atoms with Gasteiger partial charge in [0.05, 0.1) is 5.69 Å². The van der Waals surface area contributed by atoms with Gasteiger partial charge in [-0.15, -0.1) is 0 Å². The van der Waals surface area contributed by atoms with Gasteiger partial charge in [-0.3, -0.25) is 0 Å². The minimum Gasteiger partial charge on any atom is -0.322 e. The highest BCUT2D eigenvalue weighted by atomic mass is 19.1. The SMILES string of the molecule is N[C@@H](c1cccc(F)n1)C1CC1. The van der Waals surface area contributed by atoms with Crippen molar-refractivity contribution in [1.82, 2.24) is 4.98 Å². The molecule has 0 aliphatic heterocycles. The highest BCUT2D eigenvalue weighted by molar-refractivity contribution is 5.11. The molecule has 2 N–H and O–H groups in total. The Kier molecular flexibility index (Phi) is 1.81. The van der Waals surface area contributed by atoms with Crippen LogP contribution in [-0.4, -0.2) is 4.98 Å². The molecule has 12 heavy (non-hydrogen) atoms. The first-order valence-electron chi connectivity index (χ1n) is 4.15. The fourth-order valence-electron chi connectivity index (χ4n) is 1.31. The van der Waals surface area contributed by atoms with Crippen LogP contribution in [0.4, 0.5) is 4.39 Å². The van der Waals surface area contributed by atoms with Gasteiger partial charge in [0.2, 0.25) is 5.95 Å². The molecule has 0 amide bonds. The van der Waals surface area contributed by atoms with Crippen LogP contribution in [0.25, 0.3) is 0 Å². The zero-order valence-corrected chi connectivity index (χ0v) is 6.70. The molecule has 1 aliphatic rings. The second-order valence-corrected chi connectivity index (χ2v) is 3.25. The van der Waals surface area contributed by atoms with Crippen LogP contribution in [0, 0.1) is 11.9 Å². The van der Waals surface area contributed by atoms with E-state index in [0.29, 0.717) is 11.6 Å². The summed E-state index contributed by atoms with van der Waals surface area (Å²) >= 11 is 0. The molecule has 0 unspecified atom stereocenters. The van der Waals surface area contributed by atoms with E-state index in [9.17, 15) is 4.39 Å². The van der Waals surface area contributed by atoms with Crippen LogP contribution in [0.1, 0.15) is 24.6 Å². The van der Waals surface area contributed by atoms with Crippen LogP contribution < -0.4 is 5.73 Å². The number of rotatable bonds is 2. The van der Waals surface area contributed by atoms with Gasteiger partial charge in [-0.1, -0.05) is 6.07 Å². The van der Waals surface area contributed by atoms with Gasteiger partial charge in [0.15, 0.2) is 0 Å². The predicted molar refractivity (Wildman–Crippen MR) is 43.8 cm³/mol. The molecule has 1 fully saturated rings. The highest BCUT2D eigenvalue weighted by Crippen LogP contribution is 2.38. The van der Waals surface area contributed by atoms with Gasteiger partial charge in [-0.25, -0.2) is 4.98 Å². The first-order valence-corrected chi connectivity index (χ1v) is 4.15. The second-order valence-electron chi connectivity index (χ2n) is 3.25. The predicted octanol–water partition coefficient (Wildman–Crippen LogP) is 1.63. The topological polar surface area (TPSA) is 38.9 Å². The zero-order chi connectivity index (χ0) is 8.55. The molecule has 0 bridgehead atoms. The van der Waals surface area contributed by atoms with Crippen molar-refractivity contribution in [3.8, 4) is 0 Å². The van der Waals surface area contributed by atoms with Crippen molar-refractivity contribution in [1.29, 1.82) is 0 Å². The van der Waals surface area contributed by atoms with Gasteiger partial charge in [-0.05, 0) is 30.9 Å². The van der Waals surface area contributed by atoms with Gasteiger partial charge in [0, 0.05) is 6.04 Å². The summed E-state index contributed by atoms with van der Waals surface area (Å²) in [5.41, 5.74) is 6.52. The molecule has 1 aromatic heterocycles. The van der Waals surface area contributed by atoms with E-state index in [0.717, 1.165) is 12.8 Å². The number of hydrogen-bond acceptors (Lipinski definition) is 2. The fourth-order valence-corrected chi connectivity index (χ4v) is 1.31. The maximum absolute atomic E-state index is 12.6. The van der Waals surface area contributed by atoms with E-state index >= 15 is 0 Å². The maximum Gasteiger partial charge on any atom is 0.213 e. The molecule has 0 spiro atoms. The summed E-state index contributed by atoms with van der Waals surface area (Å²) in [6.07, 6.45) is 2.30. The molecule has 2 nitrogen and oxygen atoms in total. The number of nitrogens with zero attached hydrogens (tertiary/aromatic N) is 1. The molecule has 1 saturated carbocycles. The molecular formula is C9H11FN2. The number of hydrogen-bond donors (Lipinski definition) is 1. The Morgan fingerprint density at radius 1 is 1.50 bits per heavy atom. The summed E-state index contributed by atoms with van der Waals surface area (Å²) in [6, 6.07) is 4.70. The molecule has 64 valence electrons. The summed E-state index contributed by atoms with van der Waals surface area (Å²) in [5.74, 6) is 0.0860. The van der Waals surface area contributed by atoms with Crippen molar-refractivity contribution in [2.24, 2.45) is 11.7 Å². The van der Waals surface area contributed by atoms with Gasteiger partial charge >= 0.3 is 0 Å². The molecule has 3 heteroatoms. The van der Waals surface area contributed by atoms with Crippen molar-refractivity contribution >= 4 is 0 Å². The van der Waals surface area contributed by atoms with E-state index in [1.165, 1.54) is 6.07 Å². The molecular weight excluding hydrogens is 155 g/mol. The molecule has 1 aromatic rings. The molecule has 1 heterocycles. The Bertz CT molecular complexity index is 284. The Morgan fingerprint density at radius 2 is 2.25 bits per heavy atom. The lowest BCUT2D eigenvalue weighted by Gasteiger charge is -2.08. The first kappa shape index (κ1) is 7.68. The Labute approximate surface area is 70.6 Å². The summed E-state index contributed by atoms with van der Waals surface area (Å²) in [5, 5.41) is 0. The standard InChI is InChI=1S/C9H11FN2/c10-8-3-1-2-7(12-8)9(11)6-4-5-6/h1-3,6,9H,4-5,11H2/t9-/m1/s1. The van der Waals surface area contributed by atoms with Gasteiger partial charge in [-0.2, -0.15) is 4.39 Å². The van der Waals surface area contributed by atoms with Crippen LogP contribution in [0.5, 0.6) is 0 Å². The van der Waals surface area contributed by atoms with Crippen LogP contribution in [0.3, 0.4) is 0 Å². The third kappa shape index (κ3) is 1.46. The average molecular weight is 166 g/mol. The number of aromatic nitrogens is 1. The summed E-state index contributed by atoms with van der Waals surface area (Å²) in [7, 11) is 0. The molecule has 1 aliphatic carbocycles. The monoisotopic (exact) mass is 166 g/mol. The Balaban J connectivity index is 2.20. The molecule has 0 aromatic carbocycles. The Hall–Kier alpha value is -0.960. The number of nitrogens with two attached hydrogens (primary N) is 1. The lowest BCUT2D eigenvalue weighted by atomic mass is 10.1. The summed E-state index contributed by atoms with van der Waals surface area (Å²) in [6.45, 7) is 0. The van der Waals surface area contributed by atoms with Crippen LogP contribution in [0.2, 0.25) is 0 Å². The van der Waals surface area contributed by atoms with Crippen LogP contribution in [-0.2, 0) is 0 Å². The van der Waals surface area contributed by atoms with E-state index < -0.39 is 5.95 Å². The van der Waals surface area contributed by atoms with Crippen molar-refractivity contribution < 1.29 is 4.39 Å². The van der Waals surface area contributed by atoms with Crippen molar-refractivity contribution in [3.63, 3.8) is 0 Å². The average Bonchev–Trinajstić information content (AvgIpc) is 2.85. The third-order valence-electron chi connectivity index (χ3n) is 2.21. The van der Waals surface area contributed by atoms with E-state index in [4.69, 9.17) is 5.73 Å². The van der Waals surface area contributed by atoms with E-state index in [1.807, 2.05) is 0 Å². The lowest BCUT2D eigenvalue weighted by Crippen LogP contribution is -2.14. The van der Waals surface area contributed by atoms with Gasteiger partial charge in [0.1, 0.15) is 0 Å². The van der Waals surface area contributed by atoms with Gasteiger partial charge < -0.3 is 5.73 Å². The summed E-state index contributed by atoms with van der Waals surface area (Å²) < 4.78 is 12.6. The first-order chi connectivity index (χ1) is 5.77. The van der Waals surface area contributed by atoms with Crippen LogP contribution in [0.15, 0.2) is 18.2 Å². The largest absolute Gasteiger partial charge is 0.322 e. The highest BCUT2D eigenvalue weighted by Gasteiger charge is 2.30. The van der Waals surface area contributed by atoms with Crippen molar-refractivity contribution in [3.05, 3.63) is 29.8 Å². The quantitative estimate of drug-likeness (QED) is 0.678. The van der Waals surface area contributed by atoms with E-state index in [1.54, 1.807) is 12.1 Å². The minimum absolute atomic E-state index is 0.0688. The maximum atomic E-state index is 12.6. The fraction of sp³-hybridized carbons (Fsp3) is 0.444. The molecule has 2 rings (SSSR count). The van der Waals surface area contributed by atoms with Crippen molar-refractivity contribution in [2.45, 2.75) is 18.9 Å². The van der Waals surface area contributed by atoms with E-state index in [2.05, 4.69) is 4.98 Å². The zero-order valence-electron chi connectivity index (χ0n) is 6.70. The lowest BCUT2D eigenvalue weighted by molar-refractivity contribution is 0.548. The smallest absolute Gasteiger partial charge is 0.213 e. The normalized spacial score (nSPS) is 19.2. The molecule has 1 atom stereocenters. The van der Waals surface area contributed by atoms with Gasteiger partial charge in [0.25, 0.3) is 0 Å². The third-order valence-corrected chi connectivity index (χ3v) is 2.21. The van der Waals surface area contributed by atoms with E-state index in [-0.39, 0.29) is 6.04 Å². The minimum atomic E-state index is -0.441.